The molecule has 90 valence electrons. The molecule has 0 amide bonds. The molecule has 3 nitrogen and oxygen atoms in total. The van der Waals surface area contributed by atoms with Gasteiger partial charge in [-0.15, -0.1) is 12.4 Å². The predicted molar refractivity (Wildman–Crippen MR) is 66.0 cm³/mol. The Labute approximate surface area is 103 Å². The van der Waals surface area contributed by atoms with Crippen molar-refractivity contribution in [3.05, 3.63) is 35.9 Å². The summed E-state index contributed by atoms with van der Waals surface area (Å²) in [5, 5.41) is 3.28. The SMILES string of the molecule is Cl.c1ccc(COCC2CNCCO2)cc1. The first kappa shape index (κ1) is 13.5. The van der Waals surface area contributed by atoms with Crippen LogP contribution in [0.15, 0.2) is 30.3 Å². The van der Waals surface area contributed by atoms with E-state index in [4.69, 9.17) is 9.47 Å². The van der Waals surface area contributed by atoms with E-state index in [1.54, 1.807) is 0 Å². The lowest BCUT2D eigenvalue weighted by molar-refractivity contribution is -0.0357. The highest BCUT2D eigenvalue weighted by molar-refractivity contribution is 5.85. The van der Waals surface area contributed by atoms with Crippen LogP contribution < -0.4 is 5.32 Å². The van der Waals surface area contributed by atoms with Gasteiger partial charge in [0.05, 0.1) is 25.9 Å². The summed E-state index contributed by atoms with van der Waals surface area (Å²) in [4.78, 5) is 0. The van der Waals surface area contributed by atoms with E-state index in [2.05, 4.69) is 17.4 Å². The summed E-state index contributed by atoms with van der Waals surface area (Å²) in [6.07, 6.45) is 0.211. The average molecular weight is 244 g/mol. The molecule has 1 fully saturated rings. The van der Waals surface area contributed by atoms with Crippen LogP contribution in [0.4, 0.5) is 0 Å². The van der Waals surface area contributed by atoms with Crippen molar-refractivity contribution in [2.45, 2.75) is 12.7 Å². The van der Waals surface area contributed by atoms with Crippen LogP contribution in [0.1, 0.15) is 5.56 Å². The number of morpholine rings is 1. The second-order valence-electron chi connectivity index (χ2n) is 3.70. The Morgan fingerprint density at radius 1 is 1.31 bits per heavy atom. The molecule has 0 spiro atoms. The molecule has 1 aromatic carbocycles. The fourth-order valence-corrected chi connectivity index (χ4v) is 1.61. The van der Waals surface area contributed by atoms with Crippen LogP contribution in [0.2, 0.25) is 0 Å². The van der Waals surface area contributed by atoms with Crippen molar-refractivity contribution < 1.29 is 9.47 Å². The van der Waals surface area contributed by atoms with Gasteiger partial charge in [-0.25, -0.2) is 0 Å². The molecule has 0 aromatic heterocycles. The fourth-order valence-electron chi connectivity index (χ4n) is 1.61. The molecule has 1 aliphatic rings. The van der Waals surface area contributed by atoms with E-state index in [9.17, 15) is 0 Å². The first-order valence-electron chi connectivity index (χ1n) is 5.39. The Balaban J connectivity index is 0.00000128. The van der Waals surface area contributed by atoms with E-state index >= 15 is 0 Å². The van der Waals surface area contributed by atoms with Crippen molar-refractivity contribution in [3.63, 3.8) is 0 Å². The Kier molecular flexibility index (Phi) is 6.42. The largest absolute Gasteiger partial charge is 0.374 e. The van der Waals surface area contributed by atoms with E-state index < -0.39 is 0 Å². The van der Waals surface area contributed by atoms with Crippen molar-refractivity contribution in [2.24, 2.45) is 0 Å². The topological polar surface area (TPSA) is 30.5 Å². The first-order chi connectivity index (χ1) is 7.45. The molecular weight excluding hydrogens is 226 g/mol. The summed E-state index contributed by atoms with van der Waals surface area (Å²) in [5.41, 5.74) is 1.21. The number of hydrogen-bond acceptors (Lipinski definition) is 3. The van der Waals surface area contributed by atoms with Crippen molar-refractivity contribution in [3.8, 4) is 0 Å². The molecular formula is C12H18ClNO2. The summed E-state index contributed by atoms with van der Waals surface area (Å²) in [7, 11) is 0. The maximum atomic E-state index is 5.59. The quantitative estimate of drug-likeness (QED) is 0.872. The fraction of sp³-hybridized carbons (Fsp3) is 0.500. The van der Waals surface area contributed by atoms with Crippen LogP contribution in [-0.4, -0.2) is 32.4 Å². The van der Waals surface area contributed by atoms with Crippen LogP contribution in [0.3, 0.4) is 0 Å². The summed E-state index contributed by atoms with van der Waals surface area (Å²) in [6.45, 7) is 3.98. The second-order valence-corrected chi connectivity index (χ2v) is 3.70. The first-order valence-corrected chi connectivity index (χ1v) is 5.39. The van der Waals surface area contributed by atoms with Gasteiger partial charge in [0.25, 0.3) is 0 Å². The van der Waals surface area contributed by atoms with Gasteiger partial charge in [-0.2, -0.15) is 0 Å². The minimum absolute atomic E-state index is 0. The molecule has 0 bridgehead atoms. The zero-order chi connectivity index (χ0) is 10.3. The van der Waals surface area contributed by atoms with Gasteiger partial charge in [0.1, 0.15) is 0 Å². The number of nitrogens with one attached hydrogen (secondary N) is 1. The van der Waals surface area contributed by atoms with Gasteiger partial charge in [0.15, 0.2) is 0 Å². The molecule has 1 N–H and O–H groups in total. The van der Waals surface area contributed by atoms with E-state index in [0.717, 1.165) is 19.7 Å². The van der Waals surface area contributed by atoms with Gasteiger partial charge in [0, 0.05) is 13.1 Å². The summed E-state index contributed by atoms with van der Waals surface area (Å²) in [6, 6.07) is 10.2. The maximum absolute atomic E-state index is 5.59. The smallest absolute Gasteiger partial charge is 0.0933 e. The average Bonchev–Trinajstić information content (AvgIpc) is 2.32. The van der Waals surface area contributed by atoms with Gasteiger partial charge in [-0.05, 0) is 5.56 Å². The number of halogens is 1. The molecule has 1 aromatic rings. The summed E-state index contributed by atoms with van der Waals surface area (Å²) >= 11 is 0. The standard InChI is InChI=1S/C12H17NO2.ClH/c1-2-4-11(5-3-1)9-14-10-12-8-13-6-7-15-12;/h1-5,12-13H,6-10H2;1H. The van der Waals surface area contributed by atoms with Crippen LogP contribution in [0, 0.1) is 0 Å². The lowest BCUT2D eigenvalue weighted by Gasteiger charge is -2.23. The van der Waals surface area contributed by atoms with Crippen molar-refractivity contribution in [1.82, 2.24) is 5.32 Å². The molecule has 1 unspecified atom stereocenters. The molecule has 1 heterocycles. The molecule has 2 rings (SSSR count). The molecule has 0 saturated carbocycles. The zero-order valence-corrected chi connectivity index (χ0v) is 10.0. The molecule has 1 saturated heterocycles. The number of hydrogen-bond donors (Lipinski definition) is 1. The minimum atomic E-state index is 0. The van der Waals surface area contributed by atoms with E-state index in [1.807, 2.05) is 18.2 Å². The predicted octanol–water partition coefficient (Wildman–Crippen LogP) is 1.61. The third kappa shape index (κ3) is 4.49. The van der Waals surface area contributed by atoms with Crippen molar-refractivity contribution in [1.29, 1.82) is 0 Å². The van der Waals surface area contributed by atoms with Crippen molar-refractivity contribution in [2.75, 3.05) is 26.3 Å². The van der Waals surface area contributed by atoms with E-state index in [1.165, 1.54) is 5.56 Å². The lowest BCUT2D eigenvalue weighted by atomic mass is 10.2. The highest BCUT2D eigenvalue weighted by Gasteiger charge is 2.12. The molecule has 1 aliphatic heterocycles. The molecule has 0 radical (unpaired) electrons. The zero-order valence-electron chi connectivity index (χ0n) is 9.22. The normalized spacial score (nSPS) is 20.1. The lowest BCUT2D eigenvalue weighted by Crippen LogP contribution is -2.40. The highest BCUT2D eigenvalue weighted by atomic mass is 35.5. The summed E-state index contributed by atoms with van der Waals surface area (Å²) < 4.78 is 11.1. The third-order valence-electron chi connectivity index (χ3n) is 2.42. The maximum Gasteiger partial charge on any atom is 0.0933 e. The number of ether oxygens (including phenoxy) is 2. The van der Waals surface area contributed by atoms with Crippen LogP contribution in [0.5, 0.6) is 0 Å². The number of rotatable bonds is 4. The Bertz CT molecular complexity index is 276. The second kappa shape index (κ2) is 7.63. The van der Waals surface area contributed by atoms with Crippen LogP contribution in [-0.2, 0) is 16.1 Å². The minimum Gasteiger partial charge on any atom is -0.374 e. The summed E-state index contributed by atoms with van der Waals surface area (Å²) in [5.74, 6) is 0. The van der Waals surface area contributed by atoms with E-state index in [0.29, 0.717) is 13.2 Å². The molecule has 16 heavy (non-hydrogen) atoms. The Hall–Kier alpha value is -0.610. The van der Waals surface area contributed by atoms with Crippen molar-refractivity contribution >= 4 is 12.4 Å². The van der Waals surface area contributed by atoms with Crippen LogP contribution >= 0.6 is 12.4 Å². The highest BCUT2D eigenvalue weighted by Crippen LogP contribution is 2.03. The van der Waals surface area contributed by atoms with E-state index in [-0.39, 0.29) is 18.5 Å². The van der Waals surface area contributed by atoms with Gasteiger partial charge in [0.2, 0.25) is 0 Å². The number of benzene rings is 1. The van der Waals surface area contributed by atoms with Gasteiger partial charge < -0.3 is 14.8 Å². The molecule has 4 heteroatoms. The Morgan fingerprint density at radius 2 is 2.12 bits per heavy atom. The monoisotopic (exact) mass is 243 g/mol. The Morgan fingerprint density at radius 3 is 2.81 bits per heavy atom. The van der Waals surface area contributed by atoms with Gasteiger partial charge >= 0.3 is 0 Å². The van der Waals surface area contributed by atoms with Gasteiger partial charge in [-0.1, -0.05) is 30.3 Å². The van der Waals surface area contributed by atoms with Crippen LogP contribution in [0.25, 0.3) is 0 Å². The van der Waals surface area contributed by atoms with Gasteiger partial charge in [-0.3, -0.25) is 0 Å². The molecule has 0 aliphatic carbocycles. The molecule has 1 atom stereocenters. The third-order valence-corrected chi connectivity index (χ3v) is 2.42.